The molecule has 20 heavy (non-hydrogen) atoms. The molecule has 0 aromatic carbocycles. The van der Waals surface area contributed by atoms with Gasteiger partial charge in [0.05, 0.1) is 0 Å². The normalized spacial score (nSPS) is 22.5. The van der Waals surface area contributed by atoms with Gasteiger partial charge in [-0.05, 0) is 45.4 Å². The van der Waals surface area contributed by atoms with Crippen molar-refractivity contribution < 1.29 is 4.79 Å². The van der Waals surface area contributed by atoms with E-state index in [1.165, 1.54) is 38.6 Å². The van der Waals surface area contributed by atoms with Gasteiger partial charge in [0.15, 0.2) is 0 Å². The van der Waals surface area contributed by atoms with Crippen molar-refractivity contribution in [1.29, 1.82) is 0 Å². The minimum atomic E-state index is 0.0794. The molecule has 114 valence electrons. The summed E-state index contributed by atoms with van der Waals surface area (Å²) in [6.07, 6.45) is 11.1. The largest absolute Gasteiger partial charge is 0.350 e. The number of nitrogens with one attached hydrogen (secondary N) is 1. The van der Waals surface area contributed by atoms with Gasteiger partial charge < -0.3 is 10.2 Å². The van der Waals surface area contributed by atoms with Crippen molar-refractivity contribution in [2.45, 2.75) is 64.8 Å². The van der Waals surface area contributed by atoms with Gasteiger partial charge in [0.1, 0.15) is 0 Å². The van der Waals surface area contributed by atoms with Crippen molar-refractivity contribution in [3.8, 4) is 0 Å². The minimum absolute atomic E-state index is 0.0794. The summed E-state index contributed by atoms with van der Waals surface area (Å²) in [4.78, 5) is 14.3. The maximum absolute atomic E-state index is 11.7. The van der Waals surface area contributed by atoms with Gasteiger partial charge in [0.25, 0.3) is 0 Å². The SMILES string of the molecule is CC(C)=CC(=O)NC1CCN(CC2CCCCC2)CC1. The van der Waals surface area contributed by atoms with Crippen LogP contribution in [0.3, 0.4) is 0 Å². The highest BCUT2D eigenvalue weighted by Gasteiger charge is 2.23. The van der Waals surface area contributed by atoms with E-state index >= 15 is 0 Å². The Morgan fingerprint density at radius 3 is 2.35 bits per heavy atom. The molecule has 0 radical (unpaired) electrons. The van der Waals surface area contributed by atoms with E-state index in [1.54, 1.807) is 6.08 Å². The van der Waals surface area contributed by atoms with E-state index in [1.807, 2.05) is 13.8 Å². The number of amides is 1. The molecule has 1 heterocycles. The first kappa shape index (κ1) is 15.6. The molecule has 3 heteroatoms. The zero-order chi connectivity index (χ0) is 14.4. The molecule has 0 atom stereocenters. The van der Waals surface area contributed by atoms with Crippen molar-refractivity contribution in [3.63, 3.8) is 0 Å². The van der Waals surface area contributed by atoms with E-state index in [0.717, 1.165) is 37.4 Å². The molecule has 1 amide bonds. The quantitative estimate of drug-likeness (QED) is 0.801. The van der Waals surface area contributed by atoms with E-state index in [0.29, 0.717) is 6.04 Å². The number of rotatable bonds is 4. The Hall–Kier alpha value is -0.830. The maximum Gasteiger partial charge on any atom is 0.244 e. The van der Waals surface area contributed by atoms with Gasteiger partial charge in [-0.3, -0.25) is 4.79 Å². The van der Waals surface area contributed by atoms with Gasteiger partial charge in [0.2, 0.25) is 5.91 Å². The number of hydrogen-bond donors (Lipinski definition) is 1. The fourth-order valence-electron chi connectivity index (χ4n) is 3.50. The second-order valence-electron chi connectivity index (χ2n) is 6.81. The maximum atomic E-state index is 11.7. The number of hydrogen-bond acceptors (Lipinski definition) is 2. The summed E-state index contributed by atoms with van der Waals surface area (Å²) in [5.74, 6) is 1.01. The summed E-state index contributed by atoms with van der Waals surface area (Å²) in [5.41, 5.74) is 1.07. The van der Waals surface area contributed by atoms with Crippen LogP contribution in [0.2, 0.25) is 0 Å². The number of piperidine rings is 1. The third kappa shape index (κ3) is 5.28. The highest BCUT2D eigenvalue weighted by atomic mass is 16.1. The lowest BCUT2D eigenvalue weighted by molar-refractivity contribution is -0.117. The smallest absolute Gasteiger partial charge is 0.244 e. The predicted molar refractivity (Wildman–Crippen MR) is 83.6 cm³/mol. The van der Waals surface area contributed by atoms with E-state index in [4.69, 9.17) is 0 Å². The topological polar surface area (TPSA) is 32.3 Å². The molecule has 0 bridgehead atoms. The van der Waals surface area contributed by atoms with Crippen molar-refractivity contribution in [2.75, 3.05) is 19.6 Å². The Balaban J connectivity index is 1.67. The van der Waals surface area contributed by atoms with Gasteiger partial charge in [-0.2, -0.15) is 0 Å². The third-order valence-electron chi connectivity index (χ3n) is 4.59. The average molecular weight is 278 g/mol. The summed E-state index contributed by atoms with van der Waals surface area (Å²) in [7, 11) is 0. The van der Waals surface area contributed by atoms with Crippen LogP contribution in [0.15, 0.2) is 11.6 Å². The zero-order valence-corrected chi connectivity index (χ0v) is 13.2. The standard InChI is InChI=1S/C17H30N2O/c1-14(2)12-17(20)18-16-8-10-19(11-9-16)13-15-6-4-3-5-7-15/h12,15-16H,3-11,13H2,1-2H3,(H,18,20). The average Bonchev–Trinajstić information content (AvgIpc) is 2.41. The van der Waals surface area contributed by atoms with Gasteiger partial charge in [-0.25, -0.2) is 0 Å². The molecule has 2 fully saturated rings. The Labute approximate surface area is 123 Å². The van der Waals surface area contributed by atoms with Crippen molar-refractivity contribution >= 4 is 5.91 Å². The summed E-state index contributed by atoms with van der Waals surface area (Å²) in [5, 5.41) is 3.13. The van der Waals surface area contributed by atoms with Crippen molar-refractivity contribution in [1.82, 2.24) is 10.2 Å². The van der Waals surface area contributed by atoms with Gasteiger partial charge in [0, 0.05) is 31.8 Å². The molecule has 1 N–H and O–H groups in total. The first-order chi connectivity index (χ1) is 9.63. The molecular formula is C17H30N2O. The van der Waals surface area contributed by atoms with Crippen LogP contribution in [-0.2, 0) is 4.79 Å². The van der Waals surface area contributed by atoms with Crippen LogP contribution in [0.25, 0.3) is 0 Å². The van der Waals surface area contributed by atoms with Crippen LogP contribution >= 0.6 is 0 Å². The van der Waals surface area contributed by atoms with Crippen LogP contribution in [0.1, 0.15) is 58.8 Å². The predicted octanol–water partition coefficient (Wildman–Crippen LogP) is 3.11. The summed E-state index contributed by atoms with van der Waals surface area (Å²) >= 11 is 0. The molecule has 0 aromatic heterocycles. The molecule has 2 rings (SSSR count). The highest BCUT2D eigenvalue weighted by molar-refractivity contribution is 5.88. The van der Waals surface area contributed by atoms with Gasteiger partial charge in [-0.1, -0.05) is 24.8 Å². The molecular weight excluding hydrogens is 248 g/mol. The fourth-order valence-corrected chi connectivity index (χ4v) is 3.50. The number of carbonyl (C=O) groups is 1. The first-order valence-corrected chi connectivity index (χ1v) is 8.31. The van der Waals surface area contributed by atoms with Crippen LogP contribution in [-0.4, -0.2) is 36.5 Å². The van der Waals surface area contributed by atoms with E-state index in [-0.39, 0.29) is 5.91 Å². The Kier molecular flexibility index (Phi) is 6.08. The third-order valence-corrected chi connectivity index (χ3v) is 4.59. The fraction of sp³-hybridized carbons (Fsp3) is 0.824. The summed E-state index contributed by atoms with van der Waals surface area (Å²) < 4.78 is 0. The number of nitrogens with zero attached hydrogens (tertiary/aromatic N) is 1. The lowest BCUT2D eigenvalue weighted by Crippen LogP contribution is -2.45. The highest BCUT2D eigenvalue weighted by Crippen LogP contribution is 2.25. The monoisotopic (exact) mass is 278 g/mol. The molecule has 1 saturated heterocycles. The lowest BCUT2D eigenvalue weighted by atomic mass is 9.88. The minimum Gasteiger partial charge on any atom is -0.350 e. The molecule has 1 aliphatic carbocycles. The molecule has 1 saturated carbocycles. The molecule has 0 aromatic rings. The Morgan fingerprint density at radius 2 is 1.75 bits per heavy atom. The molecule has 0 unspecified atom stereocenters. The Bertz CT molecular complexity index is 333. The Morgan fingerprint density at radius 1 is 1.10 bits per heavy atom. The van der Waals surface area contributed by atoms with Crippen molar-refractivity contribution in [3.05, 3.63) is 11.6 Å². The first-order valence-electron chi connectivity index (χ1n) is 8.31. The zero-order valence-electron chi connectivity index (χ0n) is 13.2. The van der Waals surface area contributed by atoms with Gasteiger partial charge in [-0.15, -0.1) is 0 Å². The van der Waals surface area contributed by atoms with Crippen LogP contribution < -0.4 is 5.32 Å². The van der Waals surface area contributed by atoms with E-state index in [9.17, 15) is 4.79 Å². The molecule has 0 spiro atoms. The van der Waals surface area contributed by atoms with Crippen LogP contribution in [0.5, 0.6) is 0 Å². The summed E-state index contributed by atoms with van der Waals surface area (Å²) in [6, 6.07) is 0.376. The second kappa shape index (κ2) is 7.82. The van der Waals surface area contributed by atoms with Gasteiger partial charge >= 0.3 is 0 Å². The van der Waals surface area contributed by atoms with E-state index < -0.39 is 0 Å². The van der Waals surface area contributed by atoms with Crippen LogP contribution in [0, 0.1) is 5.92 Å². The second-order valence-corrected chi connectivity index (χ2v) is 6.81. The number of likely N-dealkylation sites (tertiary alicyclic amines) is 1. The summed E-state index contributed by atoms with van der Waals surface area (Å²) in [6.45, 7) is 7.51. The van der Waals surface area contributed by atoms with Crippen molar-refractivity contribution in [2.24, 2.45) is 5.92 Å². The number of carbonyl (C=O) groups excluding carboxylic acids is 1. The van der Waals surface area contributed by atoms with Crippen LogP contribution in [0.4, 0.5) is 0 Å². The number of allylic oxidation sites excluding steroid dienone is 1. The lowest BCUT2D eigenvalue weighted by Gasteiger charge is -2.35. The molecule has 2 aliphatic rings. The molecule has 3 nitrogen and oxygen atoms in total. The van der Waals surface area contributed by atoms with E-state index in [2.05, 4.69) is 10.2 Å². The molecule has 1 aliphatic heterocycles.